The lowest BCUT2D eigenvalue weighted by Crippen LogP contribution is -2.60. The zero-order valence-corrected chi connectivity index (χ0v) is 31.9. The van der Waals surface area contributed by atoms with Crippen LogP contribution in [0.4, 0.5) is 0 Å². The molecule has 3 aliphatic heterocycles. The van der Waals surface area contributed by atoms with Crippen molar-refractivity contribution in [3.63, 3.8) is 0 Å². The number of morpholine rings is 2. The largest absolute Gasteiger partial charge is 0.390 e. The van der Waals surface area contributed by atoms with Crippen LogP contribution in [-0.2, 0) is 23.7 Å². The SMILES string of the molecule is C[C@@H]1CC(C(O)C(C)(C)O)OC2[C@H]1C1(C)CCC34CC35CCC(OC3CN(C(=O)CN6CCOCC6)CCO3)C(C)(C)[C@@H]5CCC4[C@]1(C)[C@H]2O. The van der Waals surface area contributed by atoms with E-state index in [2.05, 4.69) is 39.5 Å². The van der Waals surface area contributed by atoms with Crippen LogP contribution in [0.3, 0.4) is 0 Å². The van der Waals surface area contributed by atoms with Gasteiger partial charge in [0.25, 0.3) is 0 Å². The molecule has 14 atom stereocenters. The second-order valence-corrected chi connectivity index (χ2v) is 19.8. The molecule has 0 aromatic carbocycles. The number of nitrogens with zero attached hydrogens (tertiary/aromatic N) is 2. The average molecular weight is 703 g/mol. The number of aliphatic hydroxyl groups is 3. The topological polar surface area (TPSA) is 121 Å². The van der Waals surface area contributed by atoms with E-state index in [-0.39, 0.29) is 57.0 Å². The van der Waals surface area contributed by atoms with E-state index in [9.17, 15) is 20.1 Å². The summed E-state index contributed by atoms with van der Waals surface area (Å²) in [5.74, 6) is 1.64. The van der Waals surface area contributed by atoms with Gasteiger partial charge in [-0.05, 0) is 111 Å². The second-order valence-electron chi connectivity index (χ2n) is 19.8. The van der Waals surface area contributed by atoms with Gasteiger partial charge in [-0.2, -0.15) is 0 Å². The summed E-state index contributed by atoms with van der Waals surface area (Å²) in [6.07, 6.45) is 5.94. The molecule has 284 valence electrons. The van der Waals surface area contributed by atoms with Crippen molar-refractivity contribution in [3.05, 3.63) is 0 Å². The maximum Gasteiger partial charge on any atom is 0.237 e. The van der Waals surface area contributed by atoms with E-state index in [1.807, 2.05) is 4.90 Å². The molecule has 5 saturated carbocycles. The van der Waals surface area contributed by atoms with E-state index in [1.54, 1.807) is 13.8 Å². The van der Waals surface area contributed by atoms with Gasteiger partial charge in [-0.15, -0.1) is 0 Å². The predicted molar refractivity (Wildman–Crippen MR) is 187 cm³/mol. The van der Waals surface area contributed by atoms with Crippen molar-refractivity contribution in [1.29, 1.82) is 0 Å². The molecule has 8 rings (SSSR count). The van der Waals surface area contributed by atoms with Gasteiger partial charge in [-0.25, -0.2) is 0 Å². The first-order valence-corrected chi connectivity index (χ1v) is 20.1. The summed E-state index contributed by atoms with van der Waals surface area (Å²) < 4.78 is 25.2. The van der Waals surface area contributed by atoms with E-state index in [1.165, 1.54) is 12.8 Å². The van der Waals surface area contributed by atoms with Crippen LogP contribution < -0.4 is 0 Å². The average Bonchev–Trinajstić information content (AvgIpc) is 3.70. The van der Waals surface area contributed by atoms with Crippen molar-refractivity contribution in [2.45, 2.75) is 142 Å². The Morgan fingerprint density at radius 1 is 0.980 bits per heavy atom. The molecule has 3 N–H and O–H groups in total. The first-order valence-electron chi connectivity index (χ1n) is 20.1. The minimum absolute atomic E-state index is 0.0296. The number of fused-ring (bicyclic) bond motifs is 4. The first-order chi connectivity index (χ1) is 23.5. The highest BCUT2D eigenvalue weighted by molar-refractivity contribution is 5.78. The van der Waals surface area contributed by atoms with Gasteiger partial charge >= 0.3 is 0 Å². The van der Waals surface area contributed by atoms with Crippen molar-refractivity contribution in [2.75, 3.05) is 52.5 Å². The third-order valence-electron chi connectivity index (χ3n) is 17.0. The van der Waals surface area contributed by atoms with Gasteiger partial charge in [0.2, 0.25) is 5.91 Å². The van der Waals surface area contributed by atoms with Crippen LogP contribution in [0.15, 0.2) is 0 Å². The molecule has 1 amide bonds. The zero-order chi connectivity index (χ0) is 35.6. The highest BCUT2D eigenvalue weighted by atomic mass is 16.7. The lowest BCUT2D eigenvalue weighted by atomic mass is 9.41. The summed E-state index contributed by atoms with van der Waals surface area (Å²) in [7, 11) is 0. The Morgan fingerprint density at radius 3 is 2.40 bits per heavy atom. The van der Waals surface area contributed by atoms with E-state index < -0.39 is 30.2 Å². The fraction of sp³-hybridized carbons (Fsp3) is 0.975. The Morgan fingerprint density at radius 2 is 1.68 bits per heavy atom. The van der Waals surface area contributed by atoms with E-state index in [0.29, 0.717) is 57.7 Å². The van der Waals surface area contributed by atoms with Crippen molar-refractivity contribution in [2.24, 2.45) is 50.7 Å². The molecule has 9 unspecified atom stereocenters. The van der Waals surface area contributed by atoms with E-state index >= 15 is 0 Å². The summed E-state index contributed by atoms with van der Waals surface area (Å²) in [6.45, 7) is 20.3. The van der Waals surface area contributed by atoms with Crippen LogP contribution in [0.5, 0.6) is 0 Å². The van der Waals surface area contributed by atoms with Gasteiger partial charge in [-0.3, -0.25) is 9.69 Å². The fourth-order valence-corrected chi connectivity index (χ4v) is 14.4. The highest BCUT2D eigenvalue weighted by Crippen LogP contribution is 2.89. The minimum atomic E-state index is -1.26. The Labute approximate surface area is 299 Å². The van der Waals surface area contributed by atoms with Gasteiger partial charge in [0.05, 0.1) is 62.9 Å². The van der Waals surface area contributed by atoms with Crippen LogP contribution >= 0.6 is 0 Å². The third kappa shape index (κ3) is 5.04. The smallest absolute Gasteiger partial charge is 0.237 e. The molecule has 8 fully saturated rings. The molecule has 0 aromatic heterocycles. The van der Waals surface area contributed by atoms with E-state index in [0.717, 1.165) is 45.2 Å². The Balaban J connectivity index is 0.974. The van der Waals surface area contributed by atoms with Crippen molar-refractivity contribution >= 4 is 5.91 Å². The minimum Gasteiger partial charge on any atom is -0.390 e. The van der Waals surface area contributed by atoms with Gasteiger partial charge in [-0.1, -0.05) is 34.6 Å². The van der Waals surface area contributed by atoms with Gasteiger partial charge in [0.15, 0.2) is 6.29 Å². The molecule has 8 aliphatic rings. The van der Waals surface area contributed by atoms with Crippen LogP contribution in [0.2, 0.25) is 0 Å². The standard InChI is InChI=1S/C40H66N2O8/c1-24-20-25(33(44)36(4,5)46)49-32-31(24)37(6)12-13-40-23-39(40)11-10-28(35(2,3)26(39)8-9-27(40)38(37,7)34(32)45)50-30-22-42(16-19-48-30)29(43)21-41-14-17-47-18-15-41/h24-28,30-34,44-46H,8-23H2,1-7H3/t24-,25?,26+,27?,28?,30?,31+,32?,33?,34+,37?,38-,39?,40?/m1/s1. The fourth-order valence-electron chi connectivity index (χ4n) is 14.4. The Kier molecular flexibility index (Phi) is 8.73. The van der Waals surface area contributed by atoms with Crippen molar-refractivity contribution in [3.8, 4) is 0 Å². The third-order valence-corrected chi connectivity index (χ3v) is 17.0. The number of hydrogen-bond donors (Lipinski definition) is 3. The number of hydrogen-bond acceptors (Lipinski definition) is 9. The zero-order valence-electron chi connectivity index (χ0n) is 31.9. The molecule has 0 radical (unpaired) electrons. The molecule has 50 heavy (non-hydrogen) atoms. The number of aliphatic hydroxyl groups excluding tert-OH is 2. The van der Waals surface area contributed by atoms with Crippen LogP contribution in [0.1, 0.15) is 99.8 Å². The van der Waals surface area contributed by atoms with Crippen LogP contribution in [0, 0.1) is 50.7 Å². The lowest BCUT2D eigenvalue weighted by Gasteiger charge is -2.64. The van der Waals surface area contributed by atoms with Gasteiger partial charge in [0, 0.05) is 25.0 Å². The van der Waals surface area contributed by atoms with Crippen LogP contribution in [0.25, 0.3) is 0 Å². The summed E-state index contributed by atoms with van der Waals surface area (Å²) in [6, 6.07) is 0. The predicted octanol–water partition coefficient (Wildman–Crippen LogP) is 3.83. The van der Waals surface area contributed by atoms with Crippen molar-refractivity contribution < 1.29 is 39.1 Å². The number of rotatable bonds is 6. The Bertz CT molecular complexity index is 1320. The number of carbonyl (C=O) groups excluding carboxylic acids is 1. The lowest BCUT2D eigenvalue weighted by molar-refractivity contribution is -0.248. The molecule has 0 bridgehead atoms. The number of amides is 1. The molecule has 2 spiro atoms. The number of carbonyl (C=O) groups is 1. The molecular formula is C40H66N2O8. The second kappa shape index (κ2) is 12.1. The molecule has 3 heterocycles. The summed E-state index contributed by atoms with van der Waals surface area (Å²) in [4.78, 5) is 17.3. The summed E-state index contributed by atoms with van der Waals surface area (Å²) in [5.41, 5.74) is -1.10. The molecule has 0 aromatic rings. The van der Waals surface area contributed by atoms with Crippen LogP contribution in [-0.4, -0.2) is 126 Å². The normalized spacial score (nSPS) is 50.7. The molecule has 3 saturated heterocycles. The summed E-state index contributed by atoms with van der Waals surface area (Å²) in [5, 5.41) is 34.2. The Hall–Kier alpha value is -0.850. The first kappa shape index (κ1) is 36.1. The summed E-state index contributed by atoms with van der Waals surface area (Å²) >= 11 is 0. The monoisotopic (exact) mass is 702 g/mol. The highest BCUT2D eigenvalue weighted by Gasteiger charge is 2.84. The molecule has 10 nitrogen and oxygen atoms in total. The maximum absolute atomic E-state index is 13.2. The maximum atomic E-state index is 13.2. The molecular weight excluding hydrogens is 636 g/mol. The van der Waals surface area contributed by atoms with E-state index in [4.69, 9.17) is 18.9 Å². The quantitative estimate of drug-likeness (QED) is 0.380. The van der Waals surface area contributed by atoms with Gasteiger partial charge < -0.3 is 39.2 Å². The molecule has 5 aliphatic carbocycles. The molecule has 10 heteroatoms. The number of ether oxygens (including phenoxy) is 4. The van der Waals surface area contributed by atoms with Gasteiger partial charge in [0.1, 0.15) is 6.10 Å². The van der Waals surface area contributed by atoms with Crippen molar-refractivity contribution in [1.82, 2.24) is 9.80 Å².